The Balaban J connectivity index is 2.16. The Morgan fingerprint density at radius 2 is 1.76 bits per heavy atom. The largest absolute Gasteiger partial charge is 0.457 e. The van der Waals surface area contributed by atoms with Crippen molar-refractivity contribution in [1.29, 1.82) is 5.41 Å². The molecule has 0 saturated carbocycles. The molecule has 0 unspecified atom stereocenters. The molecule has 0 aromatic heterocycles. The minimum Gasteiger partial charge on any atom is -0.457 e. The normalized spacial score (nSPS) is 9.94. The summed E-state index contributed by atoms with van der Waals surface area (Å²) in [6, 6.07) is 14.7. The highest BCUT2D eigenvalue weighted by atomic mass is 79.9. The molecular weight excluding hydrogens is 280 g/mol. The van der Waals surface area contributed by atoms with Gasteiger partial charge in [-0.15, -0.1) is 0 Å². The lowest BCUT2D eigenvalue weighted by Crippen LogP contribution is -2.10. The Bertz CT molecular complexity index is 537. The van der Waals surface area contributed by atoms with E-state index >= 15 is 0 Å². The van der Waals surface area contributed by atoms with Crippen LogP contribution in [0.4, 0.5) is 0 Å². The molecule has 0 bridgehead atoms. The van der Waals surface area contributed by atoms with Gasteiger partial charge in [-0.3, -0.25) is 5.41 Å². The summed E-state index contributed by atoms with van der Waals surface area (Å²) in [5, 5.41) is 7.29. The molecule has 0 atom stereocenters. The van der Waals surface area contributed by atoms with Gasteiger partial charge < -0.3 is 10.5 Å². The quantitative estimate of drug-likeness (QED) is 0.671. The van der Waals surface area contributed by atoms with Crippen LogP contribution in [-0.4, -0.2) is 5.84 Å². The molecule has 0 spiro atoms. The van der Waals surface area contributed by atoms with Crippen LogP contribution in [0.25, 0.3) is 0 Å². The van der Waals surface area contributed by atoms with Gasteiger partial charge >= 0.3 is 0 Å². The first-order chi connectivity index (χ1) is 8.15. The second-order valence-electron chi connectivity index (χ2n) is 3.50. The average Bonchev–Trinajstić information content (AvgIpc) is 2.29. The van der Waals surface area contributed by atoms with Gasteiger partial charge in [0.25, 0.3) is 0 Å². The summed E-state index contributed by atoms with van der Waals surface area (Å²) in [5.74, 6) is 1.53. The van der Waals surface area contributed by atoms with Crippen molar-refractivity contribution in [3.8, 4) is 11.5 Å². The van der Waals surface area contributed by atoms with Crippen molar-refractivity contribution in [3.63, 3.8) is 0 Å². The van der Waals surface area contributed by atoms with E-state index in [4.69, 9.17) is 15.9 Å². The molecule has 86 valence electrons. The molecule has 2 aromatic rings. The molecule has 3 N–H and O–H groups in total. The first-order valence-corrected chi connectivity index (χ1v) is 5.82. The highest BCUT2D eigenvalue weighted by molar-refractivity contribution is 9.10. The van der Waals surface area contributed by atoms with Crippen LogP contribution < -0.4 is 10.5 Å². The fourth-order valence-corrected chi connectivity index (χ4v) is 1.75. The summed E-state index contributed by atoms with van der Waals surface area (Å²) < 4.78 is 6.62. The molecule has 4 heteroatoms. The van der Waals surface area contributed by atoms with Crippen LogP contribution in [0.5, 0.6) is 11.5 Å². The standard InChI is InChI=1S/C13H11BrN2O/c14-10-2-1-3-12(8-10)17-11-6-4-9(5-7-11)13(15)16/h1-8H,(H3,15,16). The van der Waals surface area contributed by atoms with E-state index in [0.717, 1.165) is 10.2 Å². The van der Waals surface area contributed by atoms with Crippen molar-refractivity contribution < 1.29 is 4.74 Å². The smallest absolute Gasteiger partial charge is 0.128 e. The molecule has 0 saturated heterocycles. The van der Waals surface area contributed by atoms with Crippen molar-refractivity contribution in [1.82, 2.24) is 0 Å². The van der Waals surface area contributed by atoms with Crippen LogP contribution in [0.1, 0.15) is 5.56 Å². The first-order valence-electron chi connectivity index (χ1n) is 5.03. The molecule has 0 heterocycles. The van der Waals surface area contributed by atoms with E-state index in [1.165, 1.54) is 0 Å². The van der Waals surface area contributed by atoms with Crippen LogP contribution in [0.3, 0.4) is 0 Å². The molecule has 0 aliphatic rings. The summed E-state index contributed by atoms with van der Waals surface area (Å²) in [7, 11) is 0. The van der Waals surface area contributed by atoms with Crippen molar-refractivity contribution in [2.24, 2.45) is 5.73 Å². The van der Waals surface area contributed by atoms with Gasteiger partial charge in [0.15, 0.2) is 0 Å². The van der Waals surface area contributed by atoms with Crippen LogP contribution in [-0.2, 0) is 0 Å². The van der Waals surface area contributed by atoms with E-state index in [9.17, 15) is 0 Å². The molecule has 0 aliphatic carbocycles. The Morgan fingerprint density at radius 1 is 1.06 bits per heavy atom. The number of ether oxygens (including phenoxy) is 1. The van der Waals surface area contributed by atoms with E-state index in [1.54, 1.807) is 24.3 Å². The molecule has 2 rings (SSSR count). The Labute approximate surface area is 108 Å². The summed E-state index contributed by atoms with van der Waals surface area (Å²) in [6.07, 6.45) is 0. The van der Waals surface area contributed by atoms with Crippen molar-refractivity contribution in [2.45, 2.75) is 0 Å². The zero-order chi connectivity index (χ0) is 12.3. The number of hydrogen-bond acceptors (Lipinski definition) is 2. The third-order valence-electron chi connectivity index (χ3n) is 2.20. The van der Waals surface area contributed by atoms with Gasteiger partial charge in [0.2, 0.25) is 0 Å². The third-order valence-corrected chi connectivity index (χ3v) is 2.69. The van der Waals surface area contributed by atoms with E-state index < -0.39 is 0 Å². The number of nitrogen functional groups attached to an aromatic ring is 1. The second-order valence-corrected chi connectivity index (χ2v) is 4.41. The number of hydrogen-bond donors (Lipinski definition) is 2. The summed E-state index contributed by atoms with van der Waals surface area (Å²) in [4.78, 5) is 0. The summed E-state index contributed by atoms with van der Waals surface area (Å²) in [5.41, 5.74) is 6.06. The topological polar surface area (TPSA) is 59.1 Å². The number of nitrogens with one attached hydrogen (secondary N) is 1. The average molecular weight is 291 g/mol. The SMILES string of the molecule is N=C(N)c1ccc(Oc2cccc(Br)c2)cc1. The third kappa shape index (κ3) is 3.07. The van der Waals surface area contributed by atoms with Gasteiger partial charge in [-0.2, -0.15) is 0 Å². The van der Waals surface area contributed by atoms with Crippen LogP contribution in [0.15, 0.2) is 53.0 Å². The molecule has 0 radical (unpaired) electrons. The maximum atomic E-state index is 7.29. The molecule has 2 aromatic carbocycles. The molecular formula is C13H11BrN2O. The Hall–Kier alpha value is -1.81. The minimum absolute atomic E-state index is 0.0546. The molecule has 0 aliphatic heterocycles. The van der Waals surface area contributed by atoms with E-state index in [2.05, 4.69) is 15.9 Å². The van der Waals surface area contributed by atoms with Crippen LogP contribution >= 0.6 is 15.9 Å². The van der Waals surface area contributed by atoms with Gasteiger partial charge in [0.05, 0.1) is 0 Å². The molecule has 0 amide bonds. The van der Waals surface area contributed by atoms with Crippen LogP contribution in [0, 0.1) is 5.41 Å². The number of benzene rings is 2. The second kappa shape index (κ2) is 5.01. The molecule has 17 heavy (non-hydrogen) atoms. The number of halogens is 1. The molecule has 0 fully saturated rings. The predicted molar refractivity (Wildman–Crippen MR) is 71.7 cm³/mol. The number of nitrogens with two attached hydrogens (primary N) is 1. The number of rotatable bonds is 3. The summed E-state index contributed by atoms with van der Waals surface area (Å²) in [6.45, 7) is 0. The van der Waals surface area contributed by atoms with E-state index in [-0.39, 0.29) is 5.84 Å². The number of amidine groups is 1. The maximum Gasteiger partial charge on any atom is 0.128 e. The minimum atomic E-state index is 0.0546. The van der Waals surface area contributed by atoms with Crippen molar-refractivity contribution in [2.75, 3.05) is 0 Å². The van der Waals surface area contributed by atoms with Gasteiger partial charge in [0.1, 0.15) is 17.3 Å². The maximum absolute atomic E-state index is 7.29. The van der Waals surface area contributed by atoms with E-state index in [1.807, 2.05) is 24.3 Å². The van der Waals surface area contributed by atoms with Crippen LogP contribution in [0.2, 0.25) is 0 Å². The van der Waals surface area contributed by atoms with Crippen molar-refractivity contribution >= 4 is 21.8 Å². The lowest BCUT2D eigenvalue weighted by Gasteiger charge is -2.06. The zero-order valence-corrected chi connectivity index (χ0v) is 10.6. The van der Waals surface area contributed by atoms with E-state index in [0.29, 0.717) is 11.3 Å². The monoisotopic (exact) mass is 290 g/mol. The lowest BCUT2D eigenvalue weighted by atomic mass is 10.2. The predicted octanol–water partition coefficient (Wildman–Crippen LogP) is 3.53. The fraction of sp³-hybridized carbons (Fsp3) is 0. The Morgan fingerprint density at radius 3 is 2.35 bits per heavy atom. The van der Waals surface area contributed by atoms with Crippen molar-refractivity contribution in [3.05, 3.63) is 58.6 Å². The lowest BCUT2D eigenvalue weighted by molar-refractivity contribution is 0.482. The van der Waals surface area contributed by atoms with Gasteiger partial charge in [-0.1, -0.05) is 22.0 Å². The highest BCUT2D eigenvalue weighted by Gasteiger charge is 1.99. The highest BCUT2D eigenvalue weighted by Crippen LogP contribution is 2.24. The first kappa shape index (κ1) is 11.7. The van der Waals surface area contributed by atoms with Gasteiger partial charge in [0, 0.05) is 10.0 Å². The molecule has 3 nitrogen and oxygen atoms in total. The zero-order valence-electron chi connectivity index (χ0n) is 8.98. The summed E-state index contributed by atoms with van der Waals surface area (Å²) >= 11 is 3.38. The fourth-order valence-electron chi connectivity index (χ4n) is 1.37. The van der Waals surface area contributed by atoms with Gasteiger partial charge in [-0.05, 0) is 42.5 Å². The van der Waals surface area contributed by atoms with Gasteiger partial charge in [-0.25, -0.2) is 0 Å². The Kier molecular flexibility index (Phi) is 3.44.